The normalized spacial score (nSPS) is 24.0. The summed E-state index contributed by atoms with van der Waals surface area (Å²) in [6.45, 7) is 2.17. The number of aromatic carboxylic acids is 1. The van der Waals surface area contributed by atoms with E-state index in [1.807, 2.05) is 6.92 Å². The molecule has 0 aromatic heterocycles. The van der Waals surface area contributed by atoms with Gasteiger partial charge in [-0.3, -0.25) is 0 Å². The zero-order valence-electron chi connectivity index (χ0n) is 11.4. The number of carbonyl (C=O) groups is 1. The summed E-state index contributed by atoms with van der Waals surface area (Å²) in [7, 11) is -3.84. The monoisotopic (exact) mass is 333 g/mol. The average molecular weight is 334 g/mol. The summed E-state index contributed by atoms with van der Waals surface area (Å²) < 4.78 is 26.2. The second-order valence-corrected chi connectivity index (χ2v) is 7.49. The van der Waals surface area contributed by atoms with Crippen LogP contribution in [0.3, 0.4) is 0 Å². The number of halogens is 1. The van der Waals surface area contributed by atoms with Crippen LogP contribution in [-0.4, -0.2) is 48.1 Å². The Morgan fingerprint density at radius 3 is 2.67 bits per heavy atom. The minimum absolute atomic E-state index is 0.00846. The Labute approximate surface area is 128 Å². The van der Waals surface area contributed by atoms with Crippen molar-refractivity contribution in [2.24, 2.45) is 5.92 Å². The van der Waals surface area contributed by atoms with Crippen molar-refractivity contribution in [3.8, 4) is 0 Å². The van der Waals surface area contributed by atoms with Crippen molar-refractivity contribution in [2.45, 2.75) is 24.3 Å². The molecule has 2 N–H and O–H groups in total. The van der Waals surface area contributed by atoms with Gasteiger partial charge in [0, 0.05) is 13.1 Å². The highest BCUT2D eigenvalue weighted by molar-refractivity contribution is 7.89. The number of hydrogen-bond donors (Lipinski definition) is 2. The van der Waals surface area contributed by atoms with Crippen molar-refractivity contribution in [1.82, 2.24) is 4.31 Å². The van der Waals surface area contributed by atoms with Crippen molar-refractivity contribution in [1.29, 1.82) is 0 Å². The number of aliphatic hydroxyl groups is 1. The number of sulfonamides is 1. The van der Waals surface area contributed by atoms with Crippen molar-refractivity contribution in [3.05, 3.63) is 28.8 Å². The highest BCUT2D eigenvalue weighted by Gasteiger charge is 2.33. The molecule has 2 atom stereocenters. The molecule has 0 spiro atoms. The van der Waals surface area contributed by atoms with Crippen molar-refractivity contribution < 1.29 is 23.4 Å². The van der Waals surface area contributed by atoms with E-state index in [1.54, 1.807) is 0 Å². The fraction of sp³-hybridized carbons (Fsp3) is 0.462. The lowest BCUT2D eigenvalue weighted by molar-refractivity contribution is 0.0605. The Morgan fingerprint density at radius 2 is 2.10 bits per heavy atom. The molecule has 0 saturated carbocycles. The van der Waals surface area contributed by atoms with Crippen molar-refractivity contribution in [2.75, 3.05) is 13.1 Å². The molecular formula is C13H16ClNO5S. The van der Waals surface area contributed by atoms with Gasteiger partial charge in [0.25, 0.3) is 0 Å². The van der Waals surface area contributed by atoms with Crippen LogP contribution < -0.4 is 0 Å². The van der Waals surface area contributed by atoms with Gasteiger partial charge in [0.1, 0.15) is 0 Å². The summed E-state index contributed by atoms with van der Waals surface area (Å²) in [6.07, 6.45) is -0.167. The summed E-state index contributed by atoms with van der Waals surface area (Å²) in [5, 5.41) is 18.8. The van der Waals surface area contributed by atoms with Crippen LogP contribution in [0.4, 0.5) is 0 Å². The van der Waals surface area contributed by atoms with Crippen LogP contribution in [0.2, 0.25) is 5.02 Å². The van der Waals surface area contributed by atoms with Gasteiger partial charge in [0.15, 0.2) is 0 Å². The van der Waals surface area contributed by atoms with Gasteiger partial charge in [-0.25, -0.2) is 13.2 Å². The van der Waals surface area contributed by atoms with E-state index >= 15 is 0 Å². The SMILES string of the molecule is CC1CCN(S(=O)(=O)c2ccc(Cl)c(C(=O)O)c2)CC1O. The van der Waals surface area contributed by atoms with E-state index in [9.17, 15) is 18.3 Å². The molecule has 1 saturated heterocycles. The van der Waals surface area contributed by atoms with Crippen molar-refractivity contribution >= 4 is 27.6 Å². The lowest BCUT2D eigenvalue weighted by atomic mass is 9.98. The molecule has 1 aliphatic rings. The van der Waals surface area contributed by atoms with Crippen LogP contribution in [-0.2, 0) is 10.0 Å². The molecule has 116 valence electrons. The number of aliphatic hydroxyl groups excluding tert-OH is 1. The zero-order chi connectivity index (χ0) is 15.8. The third-order valence-corrected chi connectivity index (χ3v) is 5.88. The number of piperidine rings is 1. The minimum Gasteiger partial charge on any atom is -0.478 e. The molecule has 1 aromatic carbocycles. The summed E-state index contributed by atoms with van der Waals surface area (Å²) in [6, 6.07) is 3.57. The zero-order valence-corrected chi connectivity index (χ0v) is 12.9. The molecule has 21 heavy (non-hydrogen) atoms. The Hall–Kier alpha value is -1.15. The van der Waals surface area contributed by atoms with Gasteiger partial charge in [0.05, 0.1) is 21.6 Å². The smallest absolute Gasteiger partial charge is 0.337 e. The summed E-state index contributed by atoms with van der Waals surface area (Å²) in [4.78, 5) is 10.9. The fourth-order valence-corrected chi connectivity index (χ4v) is 3.91. The summed E-state index contributed by atoms with van der Waals surface area (Å²) in [5.74, 6) is -1.25. The van der Waals surface area contributed by atoms with Crippen LogP contribution in [0.5, 0.6) is 0 Å². The first-order valence-corrected chi connectivity index (χ1v) is 8.26. The van der Waals surface area contributed by atoms with E-state index in [4.69, 9.17) is 16.7 Å². The third kappa shape index (κ3) is 3.21. The number of carboxylic acid groups (broad SMARTS) is 1. The van der Waals surface area contributed by atoms with Gasteiger partial charge in [-0.15, -0.1) is 0 Å². The Morgan fingerprint density at radius 1 is 1.43 bits per heavy atom. The summed E-state index contributed by atoms with van der Waals surface area (Å²) >= 11 is 5.74. The standard InChI is InChI=1S/C13H16ClNO5S/c1-8-4-5-15(7-12(8)16)21(19,20)9-2-3-11(14)10(6-9)13(17)18/h2-3,6,8,12,16H,4-5,7H2,1H3,(H,17,18). The maximum Gasteiger partial charge on any atom is 0.337 e. The number of carboxylic acids is 1. The highest BCUT2D eigenvalue weighted by Crippen LogP contribution is 2.26. The van der Waals surface area contributed by atoms with E-state index in [1.165, 1.54) is 16.4 Å². The van der Waals surface area contributed by atoms with Gasteiger partial charge in [-0.1, -0.05) is 18.5 Å². The maximum absolute atomic E-state index is 12.5. The molecule has 0 radical (unpaired) electrons. The van der Waals surface area contributed by atoms with Crippen molar-refractivity contribution in [3.63, 3.8) is 0 Å². The van der Waals surface area contributed by atoms with Crippen LogP contribution in [0.15, 0.2) is 23.1 Å². The van der Waals surface area contributed by atoms with Crippen LogP contribution in [0.1, 0.15) is 23.7 Å². The molecule has 1 fully saturated rings. The molecule has 0 aliphatic carbocycles. The van der Waals surface area contributed by atoms with E-state index < -0.39 is 22.1 Å². The first kappa shape index (κ1) is 16.2. The number of hydrogen-bond acceptors (Lipinski definition) is 4. The van der Waals surface area contributed by atoms with Gasteiger partial charge in [-0.05, 0) is 30.5 Å². The predicted octanol–water partition coefficient (Wildman–Crippen LogP) is 1.43. The van der Waals surface area contributed by atoms with E-state index in [2.05, 4.69) is 0 Å². The molecular weight excluding hydrogens is 318 g/mol. The van der Waals surface area contributed by atoms with Gasteiger partial charge in [0.2, 0.25) is 10.0 Å². The maximum atomic E-state index is 12.5. The van der Waals surface area contributed by atoms with Gasteiger partial charge < -0.3 is 10.2 Å². The third-order valence-electron chi connectivity index (χ3n) is 3.69. The number of benzene rings is 1. The van der Waals surface area contributed by atoms with Crippen LogP contribution in [0.25, 0.3) is 0 Å². The van der Waals surface area contributed by atoms with Gasteiger partial charge in [-0.2, -0.15) is 4.31 Å². The number of nitrogens with zero attached hydrogens (tertiary/aromatic N) is 1. The largest absolute Gasteiger partial charge is 0.478 e. The Bertz CT molecular complexity index is 661. The molecule has 8 heteroatoms. The first-order valence-electron chi connectivity index (χ1n) is 6.44. The average Bonchev–Trinajstić information content (AvgIpc) is 2.41. The lowest BCUT2D eigenvalue weighted by Gasteiger charge is -2.33. The molecule has 1 aromatic rings. The molecule has 1 heterocycles. The molecule has 2 unspecified atom stereocenters. The van der Waals surface area contributed by atoms with E-state index in [-0.39, 0.29) is 27.9 Å². The second kappa shape index (κ2) is 5.92. The predicted molar refractivity (Wildman–Crippen MR) is 77.0 cm³/mol. The number of rotatable bonds is 3. The topological polar surface area (TPSA) is 94.9 Å². The molecule has 0 amide bonds. The first-order chi connectivity index (χ1) is 9.73. The fourth-order valence-electron chi connectivity index (χ4n) is 2.22. The summed E-state index contributed by atoms with van der Waals surface area (Å²) in [5.41, 5.74) is -0.260. The minimum atomic E-state index is -3.84. The van der Waals surface area contributed by atoms with Crippen LogP contribution in [0, 0.1) is 5.92 Å². The molecule has 0 bridgehead atoms. The van der Waals surface area contributed by atoms with E-state index in [0.717, 1.165) is 6.07 Å². The van der Waals surface area contributed by atoms with Gasteiger partial charge >= 0.3 is 5.97 Å². The highest BCUT2D eigenvalue weighted by atomic mass is 35.5. The Balaban J connectivity index is 2.36. The number of β-amino-alcohol motifs (C(OH)–C–C–N with tert-alkyl or cyclic N) is 1. The second-order valence-electron chi connectivity index (χ2n) is 5.14. The van der Waals surface area contributed by atoms with Crippen LogP contribution >= 0.6 is 11.6 Å². The Kier molecular flexibility index (Phi) is 4.57. The van der Waals surface area contributed by atoms with E-state index in [0.29, 0.717) is 13.0 Å². The lowest BCUT2D eigenvalue weighted by Crippen LogP contribution is -2.45. The molecule has 6 nitrogen and oxygen atoms in total. The quantitative estimate of drug-likeness (QED) is 0.872. The molecule has 1 aliphatic heterocycles. The molecule has 2 rings (SSSR count).